The Morgan fingerprint density at radius 3 is 2.45 bits per heavy atom. The highest BCUT2D eigenvalue weighted by Crippen LogP contribution is 2.19. The van der Waals surface area contributed by atoms with Crippen LogP contribution in [0.1, 0.15) is 40.4 Å². The van der Waals surface area contributed by atoms with Crippen molar-refractivity contribution in [2.45, 2.75) is 39.7 Å². The number of carbonyl (C=O) groups is 1. The summed E-state index contributed by atoms with van der Waals surface area (Å²) >= 11 is 1.85. The van der Waals surface area contributed by atoms with Crippen LogP contribution in [0.5, 0.6) is 0 Å². The minimum atomic E-state index is 0.193. The zero-order valence-corrected chi connectivity index (χ0v) is 13.1. The molecule has 2 nitrogen and oxygen atoms in total. The number of ketones is 1. The highest BCUT2D eigenvalue weighted by molar-refractivity contribution is 7.11. The molecule has 0 saturated carbocycles. The van der Waals surface area contributed by atoms with Crippen LogP contribution in [0.2, 0.25) is 0 Å². The Morgan fingerprint density at radius 1 is 1.20 bits per heavy atom. The van der Waals surface area contributed by atoms with Gasteiger partial charge in [0.15, 0.2) is 5.78 Å². The van der Waals surface area contributed by atoms with E-state index in [2.05, 4.69) is 31.3 Å². The van der Waals surface area contributed by atoms with Gasteiger partial charge in [-0.2, -0.15) is 0 Å². The van der Waals surface area contributed by atoms with Gasteiger partial charge in [-0.3, -0.25) is 4.79 Å². The van der Waals surface area contributed by atoms with Gasteiger partial charge < -0.3 is 5.32 Å². The summed E-state index contributed by atoms with van der Waals surface area (Å²) in [6.07, 6.45) is 1.58. The van der Waals surface area contributed by atoms with E-state index in [0.29, 0.717) is 12.5 Å². The van der Waals surface area contributed by atoms with Gasteiger partial charge >= 0.3 is 0 Å². The number of thiophene rings is 1. The molecule has 1 atom stereocenters. The van der Waals surface area contributed by atoms with Crippen molar-refractivity contribution in [3.05, 3.63) is 51.7 Å². The topological polar surface area (TPSA) is 29.1 Å². The van der Waals surface area contributed by atoms with Crippen molar-refractivity contribution in [2.75, 3.05) is 5.32 Å². The van der Waals surface area contributed by atoms with Crippen molar-refractivity contribution in [3.63, 3.8) is 0 Å². The number of rotatable bonds is 6. The number of carbonyl (C=O) groups excluding carboxylic acids is 1. The minimum absolute atomic E-state index is 0.193. The molecule has 3 heteroatoms. The SMILES string of the molecule is CCC(=O)c1ccc(NC(C)Cc2ccc(C)s2)cc1. The van der Waals surface area contributed by atoms with Crippen LogP contribution in [-0.4, -0.2) is 11.8 Å². The van der Waals surface area contributed by atoms with Crippen molar-refractivity contribution in [2.24, 2.45) is 0 Å². The lowest BCUT2D eigenvalue weighted by atomic mass is 10.1. The van der Waals surface area contributed by atoms with Gasteiger partial charge in [-0.05, 0) is 50.2 Å². The van der Waals surface area contributed by atoms with Gasteiger partial charge in [0.2, 0.25) is 0 Å². The lowest BCUT2D eigenvalue weighted by Crippen LogP contribution is -2.17. The number of aryl methyl sites for hydroxylation is 1. The normalized spacial score (nSPS) is 12.2. The van der Waals surface area contributed by atoms with E-state index in [1.165, 1.54) is 9.75 Å². The smallest absolute Gasteiger partial charge is 0.162 e. The highest BCUT2D eigenvalue weighted by atomic mass is 32.1. The third-order valence-electron chi connectivity index (χ3n) is 3.24. The van der Waals surface area contributed by atoms with Crippen molar-refractivity contribution in [3.8, 4) is 0 Å². The fourth-order valence-corrected chi connectivity index (χ4v) is 3.21. The Hall–Kier alpha value is -1.61. The molecular formula is C17H21NOS. The molecule has 0 aliphatic heterocycles. The molecule has 106 valence electrons. The maximum atomic E-state index is 11.6. The van der Waals surface area contributed by atoms with E-state index in [-0.39, 0.29) is 5.78 Å². The van der Waals surface area contributed by atoms with Crippen LogP contribution in [0.3, 0.4) is 0 Å². The number of nitrogens with one attached hydrogen (secondary N) is 1. The molecule has 0 saturated heterocycles. The fourth-order valence-electron chi connectivity index (χ4n) is 2.19. The first-order valence-corrected chi connectivity index (χ1v) is 7.85. The molecule has 0 aliphatic rings. The first-order chi connectivity index (χ1) is 9.58. The molecule has 1 aromatic heterocycles. The fraction of sp³-hybridized carbons (Fsp3) is 0.353. The monoisotopic (exact) mass is 287 g/mol. The van der Waals surface area contributed by atoms with Crippen LogP contribution in [-0.2, 0) is 6.42 Å². The van der Waals surface area contributed by atoms with Crippen LogP contribution >= 0.6 is 11.3 Å². The molecule has 0 amide bonds. The van der Waals surface area contributed by atoms with E-state index in [1.54, 1.807) is 0 Å². The van der Waals surface area contributed by atoms with Crippen molar-refractivity contribution in [1.82, 2.24) is 0 Å². The van der Waals surface area contributed by atoms with Gasteiger partial charge in [0.1, 0.15) is 0 Å². The van der Waals surface area contributed by atoms with E-state index in [0.717, 1.165) is 17.7 Å². The molecule has 1 heterocycles. The summed E-state index contributed by atoms with van der Waals surface area (Å²) in [5.41, 5.74) is 1.86. The number of benzene rings is 1. The van der Waals surface area contributed by atoms with Gasteiger partial charge in [-0.1, -0.05) is 6.92 Å². The molecule has 0 aliphatic carbocycles. The largest absolute Gasteiger partial charge is 0.382 e. The first kappa shape index (κ1) is 14.8. The van der Waals surface area contributed by atoms with Gasteiger partial charge in [0, 0.05) is 39.9 Å². The van der Waals surface area contributed by atoms with Crippen molar-refractivity contribution < 1.29 is 4.79 Å². The minimum Gasteiger partial charge on any atom is -0.382 e. The molecule has 1 aromatic carbocycles. The number of hydrogen-bond acceptors (Lipinski definition) is 3. The maximum Gasteiger partial charge on any atom is 0.162 e. The van der Waals surface area contributed by atoms with Crippen LogP contribution < -0.4 is 5.32 Å². The summed E-state index contributed by atoms with van der Waals surface area (Å²) in [7, 11) is 0. The Balaban J connectivity index is 1.94. The van der Waals surface area contributed by atoms with E-state index < -0.39 is 0 Å². The summed E-state index contributed by atoms with van der Waals surface area (Å²) < 4.78 is 0. The molecule has 2 aromatic rings. The Labute approximate surface area is 124 Å². The van der Waals surface area contributed by atoms with Crippen LogP contribution in [0.4, 0.5) is 5.69 Å². The van der Waals surface area contributed by atoms with Crippen molar-refractivity contribution >= 4 is 22.8 Å². The Bertz CT molecular complexity index is 571. The first-order valence-electron chi connectivity index (χ1n) is 7.03. The van der Waals surface area contributed by atoms with Crippen LogP contribution in [0, 0.1) is 6.92 Å². The molecule has 0 spiro atoms. The van der Waals surface area contributed by atoms with Gasteiger partial charge in [-0.25, -0.2) is 0 Å². The summed E-state index contributed by atoms with van der Waals surface area (Å²) in [6.45, 7) is 6.20. The molecule has 1 unspecified atom stereocenters. The molecule has 2 rings (SSSR count). The van der Waals surface area contributed by atoms with Gasteiger partial charge in [0.05, 0.1) is 0 Å². The summed E-state index contributed by atoms with van der Waals surface area (Å²) in [5, 5.41) is 3.48. The predicted molar refractivity (Wildman–Crippen MR) is 86.9 cm³/mol. The van der Waals surface area contributed by atoms with Crippen LogP contribution in [0.25, 0.3) is 0 Å². The molecule has 0 bridgehead atoms. The molecule has 1 N–H and O–H groups in total. The second-order valence-electron chi connectivity index (χ2n) is 5.12. The molecule has 0 fully saturated rings. The van der Waals surface area contributed by atoms with Crippen LogP contribution in [0.15, 0.2) is 36.4 Å². The maximum absolute atomic E-state index is 11.6. The standard InChI is InChI=1S/C17H21NOS/c1-4-17(19)14-6-8-15(9-7-14)18-12(2)11-16-10-5-13(3)20-16/h5-10,12,18H,4,11H2,1-3H3. The van der Waals surface area contributed by atoms with Crippen molar-refractivity contribution in [1.29, 1.82) is 0 Å². The lowest BCUT2D eigenvalue weighted by molar-refractivity contribution is 0.0988. The molecule has 0 radical (unpaired) electrons. The zero-order chi connectivity index (χ0) is 14.5. The highest BCUT2D eigenvalue weighted by Gasteiger charge is 2.07. The second-order valence-corrected chi connectivity index (χ2v) is 6.49. The number of hydrogen-bond donors (Lipinski definition) is 1. The van der Waals surface area contributed by atoms with E-state index >= 15 is 0 Å². The van der Waals surface area contributed by atoms with E-state index in [9.17, 15) is 4.79 Å². The lowest BCUT2D eigenvalue weighted by Gasteiger charge is -2.14. The second kappa shape index (κ2) is 6.71. The molecular weight excluding hydrogens is 266 g/mol. The summed E-state index contributed by atoms with van der Waals surface area (Å²) in [6, 6.07) is 12.5. The summed E-state index contributed by atoms with van der Waals surface area (Å²) in [5.74, 6) is 0.193. The Kier molecular flexibility index (Phi) is 4.96. The third-order valence-corrected chi connectivity index (χ3v) is 4.27. The average molecular weight is 287 g/mol. The predicted octanol–water partition coefficient (Wildman–Crippen LogP) is 4.69. The zero-order valence-electron chi connectivity index (χ0n) is 12.3. The van der Waals surface area contributed by atoms with Gasteiger partial charge in [0.25, 0.3) is 0 Å². The Morgan fingerprint density at radius 2 is 1.90 bits per heavy atom. The summed E-state index contributed by atoms with van der Waals surface area (Å²) in [4.78, 5) is 14.3. The van der Waals surface area contributed by atoms with E-state index in [4.69, 9.17) is 0 Å². The third kappa shape index (κ3) is 3.94. The van der Waals surface area contributed by atoms with E-state index in [1.807, 2.05) is 42.5 Å². The number of anilines is 1. The van der Waals surface area contributed by atoms with Gasteiger partial charge in [-0.15, -0.1) is 11.3 Å². The average Bonchev–Trinajstić information content (AvgIpc) is 2.84. The quantitative estimate of drug-likeness (QED) is 0.781. The number of Topliss-reactive ketones (excluding diaryl/α,β-unsaturated/α-hetero) is 1. The molecule has 20 heavy (non-hydrogen) atoms.